The first-order valence-electron chi connectivity index (χ1n) is 7.46. The molecule has 2 rings (SSSR count). The van der Waals surface area contributed by atoms with E-state index in [2.05, 4.69) is 69.2 Å². The first kappa shape index (κ1) is 14.4. The summed E-state index contributed by atoms with van der Waals surface area (Å²) >= 11 is 0. The number of hydrogen-bond acceptors (Lipinski definition) is 2. The van der Waals surface area contributed by atoms with Crippen LogP contribution in [0, 0.1) is 5.41 Å². The van der Waals surface area contributed by atoms with E-state index < -0.39 is 0 Å². The molecule has 1 aliphatic rings. The molecule has 1 atom stereocenters. The Hall–Kier alpha value is -1.02. The van der Waals surface area contributed by atoms with Crippen molar-refractivity contribution in [2.45, 2.75) is 46.1 Å². The Bertz CT molecular complexity index is 406. The van der Waals surface area contributed by atoms with Gasteiger partial charge in [0.25, 0.3) is 0 Å². The maximum absolute atomic E-state index is 3.48. The van der Waals surface area contributed by atoms with Crippen LogP contribution in [0.3, 0.4) is 0 Å². The summed E-state index contributed by atoms with van der Waals surface area (Å²) in [6.45, 7) is 11.5. The van der Waals surface area contributed by atoms with Gasteiger partial charge in [0.1, 0.15) is 0 Å². The van der Waals surface area contributed by atoms with Gasteiger partial charge >= 0.3 is 0 Å². The fourth-order valence-electron chi connectivity index (χ4n) is 2.94. The first-order valence-corrected chi connectivity index (χ1v) is 7.46. The molecule has 0 saturated carbocycles. The van der Waals surface area contributed by atoms with Crippen LogP contribution in [0.5, 0.6) is 0 Å². The van der Waals surface area contributed by atoms with Crippen molar-refractivity contribution >= 4 is 5.69 Å². The van der Waals surface area contributed by atoms with Gasteiger partial charge in [0.05, 0.1) is 0 Å². The topological polar surface area (TPSA) is 15.3 Å². The van der Waals surface area contributed by atoms with Crippen LogP contribution in [0.4, 0.5) is 5.69 Å². The molecule has 106 valence electrons. The third-order valence-corrected chi connectivity index (χ3v) is 4.65. The van der Waals surface area contributed by atoms with Gasteiger partial charge in [-0.2, -0.15) is 0 Å². The van der Waals surface area contributed by atoms with Gasteiger partial charge in [0.15, 0.2) is 0 Å². The molecule has 1 aromatic carbocycles. The zero-order chi connectivity index (χ0) is 14.0. The quantitative estimate of drug-likeness (QED) is 0.892. The van der Waals surface area contributed by atoms with Gasteiger partial charge < -0.3 is 10.2 Å². The second kappa shape index (κ2) is 5.54. The molecule has 19 heavy (non-hydrogen) atoms. The Morgan fingerprint density at radius 2 is 1.84 bits per heavy atom. The van der Waals surface area contributed by atoms with E-state index in [0.717, 1.165) is 13.1 Å². The zero-order valence-electron chi connectivity index (χ0n) is 13.0. The summed E-state index contributed by atoms with van der Waals surface area (Å²) in [5.41, 5.74) is 3.18. The molecule has 0 bridgehead atoms. The summed E-state index contributed by atoms with van der Waals surface area (Å²) in [5, 5.41) is 3.48. The number of nitrogens with one attached hydrogen (secondary N) is 1. The lowest BCUT2D eigenvalue weighted by molar-refractivity contribution is 0.208. The Morgan fingerprint density at radius 3 is 2.37 bits per heavy atom. The first-order chi connectivity index (χ1) is 8.94. The van der Waals surface area contributed by atoms with Crippen molar-refractivity contribution < 1.29 is 0 Å². The molecule has 0 radical (unpaired) electrons. The minimum absolute atomic E-state index is 0.392. The Labute approximate surface area is 118 Å². The number of benzene rings is 1. The normalized spacial score (nSPS) is 22.8. The Balaban J connectivity index is 2.10. The second-order valence-corrected chi connectivity index (χ2v) is 6.77. The highest BCUT2D eigenvalue weighted by Crippen LogP contribution is 2.32. The van der Waals surface area contributed by atoms with Crippen LogP contribution in [0.1, 0.15) is 45.6 Å². The molecule has 0 spiro atoms. The average molecular weight is 260 g/mol. The van der Waals surface area contributed by atoms with Crippen molar-refractivity contribution in [2.75, 3.05) is 25.0 Å². The molecular formula is C17H28N2. The molecule has 0 aliphatic carbocycles. The summed E-state index contributed by atoms with van der Waals surface area (Å²) in [6, 6.07) is 9.66. The molecule has 0 aromatic heterocycles. The molecule has 1 saturated heterocycles. The van der Waals surface area contributed by atoms with Crippen LogP contribution < -0.4 is 10.2 Å². The van der Waals surface area contributed by atoms with Crippen LogP contribution in [0.15, 0.2) is 24.3 Å². The summed E-state index contributed by atoms with van der Waals surface area (Å²) < 4.78 is 0. The molecule has 1 aromatic rings. The third-order valence-electron chi connectivity index (χ3n) is 4.65. The highest BCUT2D eigenvalue weighted by molar-refractivity contribution is 5.49. The lowest BCUT2D eigenvalue weighted by Gasteiger charge is -2.44. The second-order valence-electron chi connectivity index (χ2n) is 6.77. The number of anilines is 1. The van der Waals surface area contributed by atoms with E-state index in [-0.39, 0.29) is 0 Å². The van der Waals surface area contributed by atoms with Crippen LogP contribution in [0.2, 0.25) is 0 Å². The van der Waals surface area contributed by atoms with E-state index >= 15 is 0 Å². The lowest BCUT2D eigenvalue weighted by atomic mass is 9.78. The largest absolute Gasteiger partial charge is 0.370 e. The van der Waals surface area contributed by atoms with Gasteiger partial charge in [-0.3, -0.25) is 0 Å². The van der Waals surface area contributed by atoms with Crippen molar-refractivity contribution in [3.8, 4) is 0 Å². The molecule has 1 unspecified atom stereocenters. The summed E-state index contributed by atoms with van der Waals surface area (Å²) in [5.74, 6) is 0.611. The van der Waals surface area contributed by atoms with Gasteiger partial charge in [0, 0.05) is 24.8 Å². The van der Waals surface area contributed by atoms with Crippen molar-refractivity contribution in [3.05, 3.63) is 29.8 Å². The number of rotatable bonds is 3. The van der Waals surface area contributed by atoms with Gasteiger partial charge in [-0.15, -0.1) is 0 Å². The smallest absolute Gasteiger partial charge is 0.0366 e. The number of hydrogen-bond donors (Lipinski definition) is 1. The molecule has 2 nitrogen and oxygen atoms in total. The monoisotopic (exact) mass is 260 g/mol. The lowest BCUT2D eigenvalue weighted by Crippen LogP contribution is -2.54. The SMILES string of the molecule is CNC1CN(c2ccc(C(C)C)cc2)CCC1(C)C. The van der Waals surface area contributed by atoms with Gasteiger partial charge in [-0.1, -0.05) is 39.8 Å². The van der Waals surface area contributed by atoms with Gasteiger partial charge in [-0.25, -0.2) is 0 Å². The average Bonchev–Trinajstić information content (AvgIpc) is 2.38. The number of nitrogens with zero attached hydrogens (tertiary/aromatic N) is 1. The van der Waals surface area contributed by atoms with Crippen molar-refractivity contribution in [3.63, 3.8) is 0 Å². The molecule has 2 heteroatoms. The summed E-state index contributed by atoms with van der Waals surface area (Å²) in [6.07, 6.45) is 1.24. The predicted molar refractivity (Wildman–Crippen MR) is 84.0 cm³/mol. The highest BCUT2D eigenvalue weighted by atomic mass is 15.2. The fraction of sp³-hybridized carbons (Fsp3) is 0.647. The van der Waals surface area contributed by atoms with Crippen molar-refractivity contribution in [1.29, 1.82) is 0 Å². The van der Waals surface area contributed by atoms with Crippen molar-refractivity contribution in [1.82, 2.24) is 5.32 Å². The van der Waals surface area contributed by atoms with E-state index in [1.807, 2.05) is 0 Å². The standard InChI is InChI=1S/C17H28N2/c1-13(2)14-6-8-15(9-7-14)19-11-10-17(3,4)16(12-19)18-5/h6-9,13,16,18H,10-12H2,1-5H3. The van der Waals surface area contributed by atoms with E-state index in [1.165, 1.54) is 17.7 Å². The Morgan fingerprint density at radius 1 is 1.21 bits per heavy atom. The summed E-state index contributed by atoms with van der Waals surface area (Å²) in [4.78, 5) is 2.51. The summed E-state index contributed by atoms with van der Waals surface area (Å²) in [7, 11) is 2.08. The molecule has 1 aliphatic heterocycles. The predicted octanol–water partition coefficient (Wildman–Crippen LogP) is 3.63. The molecule has 0 amide bonds. The van der Waals surface area contributed by atoms with E-state index in [4.69, 9.17) is 0 Å². The Kier molecular flexibility index (Phi) is 4.19. The van der Waals surface area contributed by atoms with Gasteiger partial charge in [-0.05, 0) is 42.5 Å². The molecular weight excluding hydrogens is 232 g/mol. The zero-order valence-corrected chi connectivity index (χ0v) is 13.0. The van der Waals surface area contributed by atoms with Crippen LogP contribution in [-0.2, 0) is 0 Å². The molecule has 1 fully saturated rings. The van der Waals surface area contributed by atoms with E-state index in [0.29, 0.717) is 17.4 Å². The van der Waals surface area contributed by atoms with E-state index in [9.17, 15) is 0 Å². The molecule has 1 N–H and O–H groups in total. The fourth-order valence-corrected chi connectivity index (χ4v) is 2.94. The maximum Gasteiger partial charge on any atom is 0.0366 e. The number of piperidine rings is 1. The molecule has 1 heterocycles. The minimum atomic E-state index is 0.392. The van der Waals surface area contributed by atoms with Crippen molar-refractivity contribution in [2.24, 2.45) is 5.41 Å². The van der Waals surface area contributed by atoms with Crippen LogP contribution in [0.25, 0.3) is 0 Å². The van der Waals surface area contributed by atoms with Gasteiger partial charge in [0.2, 0.25) is 0 Å². The van der Waals surface area contributed by atoms with E-state index in [1.54, 1.807) is 0 Å². The van der Waals surface area contributed by atoms with Crippen LogP contribution >= 0.6 is 0 Å². The van der Waals surface area contributed by atoms with Crippen LogP contribution in [-0.4, -0.2) is 26.2 Å². The number of likely N-dealkylation sites (N-methyl/N-ethyl adjacent to an activating group) is 1. The highest BCUT2D eigenvalue weighted by Gasteiger charge is 2.34. The minimum Gasteiger partial charge on any atom is -0.370 e. The third kappa shape index (κ3) is 3.11. The maximum atomic E-state index is 3.48.